The number of carbonyl (C=O) groups is 2. The van der Waals surface area contributed by atoms with Gasteiger partial charge in [0.1, 0.15) is 5.75 Å². The van der Waals surface area contributed by atoms with E-state index >= 15 is 0 Å². The molecule has 2 unspecified atom stereocenters. The van der Waals surface area contributed by atoms with E-state index in [4.69, 9.17) is 4.74 Å². The van der Waals surface area contributed by atoms with Crippen LogP contribution in [0.25, 0.3) is 0 Å². The zero-order valence-electron chi connectivity index (χ0n) is 19.5. The van der Waals surface area contributed by atoms with Crippen molar-refractivity contribution in [1.82, 2.24) is 9.62 Å². The fourth-order valence-corrected chi connectivity index (χ4v) is 6.21. The van der Waals surface area contributed by atoms with Crippen LogP contribution < -0.4 is 15.4 Å². The number of sulfonamides is 1. The van der Waals surface area contributed by atoms with Crippen LogP contribution in [0.1, 0.15) is 37.3 Å². The summed E-state index contributed by atoms with van der Waals surface area (Å²) in [5.41, 5.74) is 2.13. The van der Waals surface area contributed by atoms with Gasteiger partial charge in [0.05, 0.1) is 16.5 Å². The minimum Gasteiger partial charge on any atom is -0.478 e. The van der Waals surface area contributed by atoms with Crippen LogP contribution in [-0.2, 0) is 26.0 Å². The summed E-state index contributed by atoms with van der Waals surface area (Å²) >= 11 is 0. The first-order valence-electron chi connectivity index (χ1n) is 11.7. The SMILES string of the molecule is CCC1Oc2cc(S(=O)(=O)N3CCCC(C(=O)NCCc4ccccc4)C3)c(C)cc2NC1=O. The molecule has 34 heavy (non-hydrogen) atoms. The summed E-state index contributed by atoms with van der Waals surface area (Å²) in [4.78, 5) is 25.0. The molecule has 2 aromatic rings. The number of hydrogen-bond acceptors (Lipinski definition) is 5. The molecular formula is C25H31N3O5S. The van der Waals surface area contributed by atoms with E-state index in [0.717, 1.165) is 12.0 Å². The van der Waals surface area contributed by atoms with E-state index in [1.165, 1.54) is 10.4 Å². The molecule has 2 N–H and O–H groups in total. The number of carbonyl (C=O) groups excluding carboxylic acids is 2. The summed E-state index contributed by atoms with van der Waals surface area (Å²) in [6.07, 6.45) is 1.83. The van der Waals surface area contributed by atoms with Crippen molar-refractivity contribution in [2.45, 2.75) is 50.5 Å². The van der Waals surface area contributed by atoms with Crippen LogP contribution in [-0.4, -0.2) is 50.3 Å². The van der Waals surface area contributed by atoms with E-state index in [-0.39, 0.29) is 23.3 Å². The summed E-state index contributed by atoms with van der Waals surface area (Å²) in [7, 11) is -3.83. The maximum absolute atomic E-state index is 13.5. The lowest BCUT2D eigenvalue weighted by atomic mass is 9.99. The number of amides is 2. The maximum atomic E-state index is 13.5. The molecule has 4 rings (SSSR count). The first-order chi connectivity index (χ1) is 16.3. The Morgan fingerprint density at radius 2 is 2.00 bits per heavy atom. The second kappa shape index (κ2) is 10.1. The van der Waals surface area contributed by atoms with Gasteiger partial charge in [0.15, 0.2) is 6.10 Å². The number of fused-ring (bicyclic) bond motifs is 1. The largest absolute Gasteiger partial charge is 0.478 e. The number of ether oxygens (including phenoxy) is 1. The zero-order chi connectivity index (χ0) is 24.3. The Morgan fingerprint density at radius 1 is 1.24 bits per heavy atom. The van der Waals surface area contributed by atoms with Gasteiger partial charge in [0.25, 0.3) is 5.91 Å². The third kappa shape index (κ3) is 5.10. The number of piperidine rings is 1. The summed E-state index contributed by atoms with van der Waals surface area (Å²) in [6, 6.07) is 13.0. The highest BCUT2D eigenvalue weighted by Crippen LogP contribution is 2.36. The van der Waals surface area contributed by atoms with E-state index in [9.17, 15) is 18.0 Å². The van der Waals surface area contributed by atoms with Crippen LogP contribution in [0, 0.1) is 12.8 Å². The fraction of sp³-hybridized carbons (Fsp3) is 0.440. The van der Waals surface area contributed by atoms with Crippen LogP contribution in [0.2, 0.25) is 0 Å². The smallest absolute Gasteiger partial charge is 0.265 e. The van der Waals surface area contributed by atoms with Gasteiger partial charge in [-0.05, 0) is 49.8 Å². The van der Waals surface area contributed by atoms with Crippen molar-refractivity contribution >= 4 is 27.5 Å². The Kier molecular flexibility index (Phi) is 7.23. The normalized spacial score (nSPS) is 20.7. The van der Waals surface area contributed by atoms with Crippen LogP contribution in [0.4, 0.5) is 5.69 Å². The maximum Gasteiger partial charge on any atom is 0.265 e. The Hall–Kier alpha value is -2.91. The number of hydrogen-bond donors (Lipinski definition) is 2. The molecule has 9 heteroatoms. The second-order valence-electron chi connectivity index (χ2n) is 8.85. The second-order valence-corrected chi connectivity index (χ2v) is 10.8. The van der Waals surface area contributed by atoms with Crippen LogP contribution in [0.15, 0.2) is 47.4 Å². The topological polar surface area (TPSA) is 105 Å². The molecule has 2 aliphatic heterocycles. The molecule has 8 nitrogen and oxygen atoms in total. The first kappa shape index (κ1) is 24.2. The van der Waals surface area contributed by atoms with Gasteiger partial charge in [-0.1, -0.05) is 37.3 Å². The number of rotatable bonds is 7. The molecule has 2 amide bonds. The van der Waals surface area contributed by atoms with Crippen molar-refractivity contribution in [1.29, 1.82) is 0 Å². The van der Waals surface area contributed by atoms with Crippen molar-refractivity contribution in [2.75, 3.05) is 25.0 Å². The molecule has 1 saturated heterocycles. The van der Waals surface area contributed by atoms with E-state index in [0.29, 0.717) is 49.4 Å². The number of nitrogens with zero attached hydrogens (tertiary/aromatic N) is 1. The predicted octanol–water partition coefficient (Wildman–Crippen LogP) is 2.86. The van der Waals surface area contributed by atoms with Crippen LogP contribution >= 0.6 is 0 Å². The van der Waals surface area contributed by atoms with Crippen molar-refractivity contribution in [3.8, 4) is 5.75 Å². The predicted molar refractivity (Wildman–Crippen MR) is 129 cm³/mol. The highest BCUT2D eigenvalue weighted by atomic mass is 32.2. The monoisotopic (exact) mass is 485 g/mol. The molecule has 2 aliphatic rings. The van der Waals surface area contributed by atoms with Gasteiger partial charge in [0.2, 0.25) is 15.9 Å². The van der Waals surface area contributed by atoms with E-state index < -0.39 is 22.0 Å². The molecule has 182 valence electrons. The molecule has 0 radical (unpaired) electrons. The van der Waals surface area contributed by atoms with Crippen molar-refractivity contribution < 1.29 is 22.7 Å². The van der Waals surface area contributed by atoms with E-state index in [1.54, 1.807) is 13.0 Å². The standard InChI is InChI=1S/C25H31N3O5S/c1-3-21-25(30)27-20-14-17(2)23(15-22(20)33-21)34(31,32)28-13-7-10-19(16-28)24(29)26-12-11-18-8-5-4-6-9-18/h4-6,8-9,14-15,19,21H,3,7,10-13,16H2,1-2H3,(H,26,29)(H,27,30). The molecule has 0 aromatic heterocycles. The van der Waals surface area contributed by atoms with Crippen LogP contribution in [0.3, 0.4) is 0 Å². The minimum atomic E-state index is -3.83. The zero-order valence-corrected chi connectivity index (χ0v) is 20.4. The Bertz CT molecular complexity index is 1170. The molecule has 2 atom stereocenters. The van der Waals surface area contributed by atoms with Crippen molar-refractivity contribution in [3.05, 3.63) is 53.6 Å². The van der Waals surface area contributed by atoms with Gasteiger partial charge < -0.3 is 15.4 Å². The molecule has 0 spiro atoms. The lowest BCUT2D eigenvalue weighted by Crippen LogP contribution is -2.45. The number of anilines is 1. The lowest BCUT2D eigenvalue weighted by Gasteiger charge is -2.32. The van der Waals surface area contributed by atoms with Crippen LogP contribution in [0.5, 0.6) is 5.75 Å². The van der Waals surface area contributed by atoms with Gasteiger partial charge in [-0.15, -0.1) is 0 Å². The number of aryl methyl sites for hydroxylation is 1. The quantitative estimate of drug-likeness (QED) is 0.628. The summed E-state index contributed by atoms with van der Waals surface area (Å²) in [6.45, 7) is 4.55. The average Bonchev–Trinajstić information content (AvgIpc) is 2.84. The Balaban J connectivity index is 1.45. The average molecular weight is 486 g/mol. The molecule has 0 aliphatic carbocycles. The van der Waals surface area contributed by atoms with Gasteiger partial charge >= 0.3 is 0 Å². The number of nitrogens with one attached hydrogen (secondary N) is 2. The summed E-state index contributed by atoms with van der Waals surface area (Å²) < 4.78 is 34.2. The third-order valence-electron chi connectivity index (χ3n) is 6.40. The molecular weight excluding hydrogens is 454 g/mol. The van der Waals surface area contributed by atoms with E-state index in [2.05, 4.69) is 10.6 Å². The van der Waals surface area contributed by atoms with Gasteiger partial charge in [0, 0.05) is 25.7 Å². The van der Waals surface area contributed by atoms with Gasteiger partial charge in [-0.3, -0.25) is 9.59 Å². The van der Waals surface area contributed by atoms with Gasteiger partial charge in [-0.2, -0.15) is 4.31 Å². The van der Waals surface area contributed by atoms with Crippen molar-refractivity contribution in [2.24, 2.45) is 5.92 Å². The first-order valence-corrected chi connectivity index (χ1v) is 13.2. The third-order valence-corrected chi connectivity index (χ3v) is 8.40. The van der Waals surface area contributed by atoms with Crippen molar-refractivity contribution in [3.63, 3.8) is 0 Å². The van der Waals surface area contributed by atoms with E-state index in [1.807, 2.05) is 37.3 Å². The Labute approximate surface area is 200 Å². The fourth-order valence-electron chi connectivity index (χ4n) is 4.46. The highest BCUT2D eigenvalue weighted by Gasteiger charge is 2.35. The molecule has 2 aromatic carbocycles. The summed E-state index contributed by atoms with van der Waals surface area (Å²) in [5.74, 6) is -0.392. The molecule has 1 fully saturated rings. The summed E-state index contributed by atoms with van der Waals surface area (Å²) in [5, 5.41) is 5.75. The highest BCUT2D eigenvalue weighted by molar-refractivity contribution is 7.89. The Morgan fingerprint density at radius 3 is 2.74 bits per heavy atom. The number of benzene rings is 2. The minimum absolute atomic E-state index is 0.116. The molecule has 0 saturated carbocycles. The molecule has 2 heterocycles. The lowest BCUT2D eigenvalue weighted by molar-refractivity contribution is -0.126. The molecule has 0 bridgehead atoms. The van der Waals surface area contributed by atoms with Gasteiger partial charge in [-0.25, -0.2) is 8.42 Å².